The number of hydrogen-bond donors (Lipinski definition) is 0. The first kappa shape index (κ1) is 18.5. The van der Waals surface area contributed by atoms with Crippen LogP contribution in [0.2, 0.25) is 5.02 Å². The van der Waals surface area contributed by atoms with Gasteiger partial charge in [0.2, 0.25) is 0 Å². The van der Waals surface area contributed by atoms with Crippen molar-refractivity contribution in [3.8, 4) is 5.75 Å². The first-order valence-corrected chi connectivity index (χ1v) is 5.51. The maximum absolute atomic E-state index is 12.2. The summed E-state index contributed by atoms with van der Waals surface area (Å²) in [4.78, 5) is 0. The van der Waals surface area contributed by atoms with E-state index in [1.165, 1.54) is 6.07 Å². The van der Waals surface area contributed by atoms with E-state index in [4.69, 9.17) is 16.3 Å². The van der Waals surface area contributed by atoms with Crippen molar-refractivity contribution >= 4 is 18.6 Å². The van der Waals surface area contributed by atoms with Crippen molar-refractivity contribution in [1.29, 1.82) is 0 Å². The third-order valence-electron chi connectivity index (χ3n) is 2.29. The molecule has 0 unspecified atom stereocenters. The minimum Gasteiger partial charge on any atom is -0.492 e. The molecule has 18 heavy (non-hydrogen) atoms. The molecule has 0 bridgehead atoms. The van der Waals surface area contributed by atoms with Crippen LogP contribution in [0, 0.1) is 0 Å². The number of hydrogen-bond acceptors (Lipinski definition) is 1. The molecule has 94 valence electrons. The van der Waals surface area contributed by atoms with Crippen molar-refractivity contribution in [3.63, 3.8) is 0 Å². The van der Waals surface area contributed by atoms with Gasteiger partial charge in [-0.15, -0.1) is 12.1 Å². The molecule has 0 aliphatic heterocycles. The molecule has 0 aliphatic carbocycles. The van der Waals surface area contributed by atoms with E-state index in [1.54, 1.807) is 12.1 Å². The van der Waals surface area contributed by atoms with Gasteiger partial charge in [-0.3, -0.25) is 0 Å². The Morgan fingerprint density at radius 3 is 2.50 bits per heavy atom. The quantitative estimate of drug-likeness (QED) is 0.744. The Bertz CT molecular complexity index is 423. The van der Waals surface area contributed by atoms with Crippen LogP contribution in [0.3, 0.4) is 0 Å². The van der Waals surface area contributed by atoms with Crippen LogP contribution in [0.1, 0.15) is 12.5 Å². The van der Waals surface area contributed by atoms with Crippen LogP contribution in [-0.2, 0) is 6.42 Å². The zero-order valence-corrected chi connectivity index (χ0v) is 14.2. The molecular weight excluding hydrogens is 290 g/mol. The summed E-state index contributed by atoms with van der Waals surface area (Å²) in [6.45, 7) is -0.725. The number of halogens is 4. The van der Waals surface area contributed by atoms with Gasteiger partial charge in [-0.1, -0.05) is 18.5 Å². The second-order valence-electron chi connectivity index (χ2n) is 3.63. The molecule has 0 atom stereocenters. The average Bonchev–Trinajstić information content (AvgIpc) is 2.26. The van der Waals surface area contributed by atoms with E-state index in [0.29, 0.717) is 17.2 Å². The van der Waals surface area contributed by atoms with E-state index in [2.05, 4.69) is 6.58 Å². The molecule has 0 aromatic heterocycles. The summed E-state index contributed by atoms with van der Waals surface area (Å²) in [5, 5.41) is 0.582. The Hall–Kier alpha value is 0.541. The fraction of sp³-hybridized carbons (Fsp3) is 0.273. The molecule has 1 aromatic carbocycles. The molecule has 7 heteroatoms. The molecule has 0 saturated carbocycles. The van der Waals surface area contributed by atoms with Crippen molar-refractivity contribution < 1.29 is 69.1 Å². The van der Waals surface area contributed by atoms with E-state index in [1.807, 2.05) is 6.92 Å². The molecule has 0 aliphatic rings. The molecule has 0 radical (unpaired) electrons. The fourth-order valence-electron chi connectivity index (χ4n) is 1.18. The van der Waals surface area contributed by atoms with E-state index < -0.39 is 19.1 Å². The molecule has 0 amide bonds. The van der Waals surface area contributed by atoms with Crippen LogP contribution >= 0.6 is 11.6 Å². The predicted molar refractivity (Wildman–Crippen MR) is 64.5 cm³/mol. The standard InChI is InChI=1S/C11H12BClF3O.K/c1-3-9-6-10(4-5-11(9)13)17-7-8(2)12(14,15)16;/h4-6H,2-3,7H2,1H3;/q-1;+1. The van der Waals surface area contributed by atoms with Crippen LogP contribution in [0.15, 0.2) is 30.3 Å². The van der Waals surface area contributed by atoms with Crippen molar-refractivity contribution in [2.24, 2.45) is 0 Å². The summed E-state index contributed by atoms with van der Waals surface area (Å²) < 4.78 is 41.7. The molecular formula is C11H12BClF3KO. The molecule has 0 spiro atoms. The molecule has 1 aromatic rings. The van der Waals surface area contributed by atoms with Gasteiger partial charge in [0.05, 0.1) is 6.61 Å². The Morgan fingerprint density at radius 1 is 1.39 bits per heavy atom. The summed E-state index contributed by atoms with van der Waals surface area (Å²) >= 11 is 5.88. The molecule has 0 saturated heterocycles. The van der Waals surface area contributed by atoms with E-state index in [9.17, 15) is 12.9 Å². The summed E-state index contributed by atoms with van der Waals surface area (Å²) in [7, 11) is 0. The van der Waals surface area contributed by atoms with Crippen LogP contribution < -0.4 is 56.1 Å². The van der Waals surface area contributed by atoms with Crippen LogP contribution in [0.5, 0.6) is 5.75 Å². The van der Waals surface area contributed by atoms with Gasteiger partial charge in [0.1, 0.15) is 5.75 Å². The number of ether oxygens (including phenoxy) is 1. The number of benzene rings is 1. The number of rotatable bonds is 5. The normalized spacial score (nSPS) is 10.7. The average molecular weight is 303 g/mol. The monoisotopic (exact) mass is 302 g/mol. The smallest absolute Gasteiger partial charge is 0.492 e. The van der Waals surface area contributed by atoms with E-state index >= 15 is 0 Å². The van der Waals surface area contributed by atoms with E-state index in [0.717, 1.165) is 5.56 Å². The third kappa shape index (κ3) is 5.67. The topological polar surface area (TPSA) is 9.23 Å². The second-order valence-corrected chi connectivity index (χ2v) is 4.04. The van der Waals surface area contributed by atoms with Crippen molar-refractivity contribution in [1.82, 2.24) is 0 Å². The van der Waals surface area contributed by atoms with Crippen molar-refractivity contribution in [2.45, 2.75) is 13.3 Å². The Labute approximate surface area is 152 Å². The molecule has 0 heterocycles. The zero-order chi connectivity index (χ0) is 13.1. The van der Waals surface area contributed by atoms with Crippen molar-refractivity contribution in [3.05, 3.63) is 40.8 Å². The maximum Gasteiger partial charge on any atom is 1.00 e. The minimum atomic E-state index is -5.04. The van der Waals surface area contributed by atoms with Crippen LogP contribution in [-0.4, -0.2) is 13.6 Å². The predicted octanol–water partition coefficient (Wildman–Crippen LogP) is 1.23. The Morgan fingerprint density at radius 2 is 2.00 bits per heavy atom. The van der Waals surface area contributed by atoms with Gasteiger partial charge in [-0.2, -0.15) is 0 Å². The molecule has 1 rings (SSSR count). The van der Waals surface area contributed by atoms with Gasteiger partial charge in [-0.05, 0) is 30.2 Å². The van der Waals surface area contributed by atoms with Gasteiger partial charge < -0.3 is 17.7 Å². The van der Waals surface area contributed by atoms with Crippen LogP contribution in [0.25, 0.3) is 0 Å². The zero-order valence-electron chi connectivity index (χ0n) is 10.4. The van der Waals surface area contributed by atoms with Gasteiger partial charge in [0.15, 0.2) is 0 Å². The molecule has 0 N–H and O–H groups in total. The van der Waals surface area contributed by atoms with Crippen LogP contribution in [0.4, 0.5) is 12.9 Å². The van der Waals surface area contributed by atoms with Gasteiger partial charge in [0.25, 0.3) is 0 Å². The first-order chi connectivity index (χ1) is 7.84. The Balaban J connectivity index is 0.00000289. The summed E-state index contributed by atoms with van der Waals surface area (Å²) in [6, 6.07) is 4.79. The maximum atomic E-state index is 12.2. The summed E-state index contributed by atoms with van der Waals surface area (Å²) in [5.74, 6) is 0.368. The van der Waals surface area contributed by atoms with Gasteiger partial charge in [0, 0.05) is 5.02 Å². The Kier molecular flexibility index (Phi) is 8.21. The fourth-order valence-corrected chi connectivity index (χ4v) is 1.43. The van der Waals surface area contributed by atoms with Crippen molar-refractivity contribution in [2.75, 3.05) is 6.61 Å². The molecule has 0 fully saturated rings. The van der Waals surface area contributed by atoms with Gasteiger partial charge >= 0.3 is 58.4 Å². The van der Waals surface area contributed by atoms with E-state index in [-0.39, 0.29) is 51.4 Å². The largest absolute Gasteiger partial charge is 1.00 e. The second kappa shape index (κ2) is 7.97. The molecule has 1 nitrogen and oxygen atoms in total. The number of aryl methyl sites for hydroxylation is 1. The summed E-state index contributed by atoms with van der Waals surface area (Å²) in [6.07, 6.45) is 0.695. The summed E-state index contributed by atoms with van der Waals surface area (Å²) in [5.41, 5.74) is -0.00898. The first-order valence-electron chi connectivity index (χ1n) is 5.13. The third-order valence-corrected chi connectivity index (χ3v) is 2.65. The SMILES string of the molecule is C=C(COc1ccc(Cl)c(CC)c1)[B-](F)(F)F.[K+]. The minimum absolute atomic E-state index is 0. The van der Waals surface area contributed by atoms with Gasteiger partial charge in [-0.25, -0.2) is 0 Å².